The molecule has 0 aliphatic carbocycles. The van der Waals surface area contributed by atoms with Crippen molar-refractivity contribution in [3.63, 3.8) is 0 Å². The highest BCUT2D eigenvalue weighted by atomic mass is 35.5. The lowest BCUT2D eigenvalue weighted by atomic mass is 9.91. The molecule has 0 spiro atoms. The number of benzene rings is 1. The van der Waals surface area contributed by atoms with Crippen LogP contribution in [0, 0.1) is 0 Å². The van der Waals surface area contributed by atoms with Crippen molar-refractivity contribution < 1.29 is 0 Å². The van der Waals surface area contributed by atoms with Crippen molar-refractivity contribution in [1.82, 2.24) is 15.2 Å². The number of nitrogens with one attached hydrogen (secondary N) is 1. The topological polar surface area (TPSA) is 28.2 Å². The Morgan fingerprint density at radius 3 is 2.67 bits per heavy atom. The summed E-state index contributed by atoms with van der Waals surface area (Å²) >= 11 is 2.01. The quantitative estimate of drug-likeness (QED) is 0.718. The summed E-state index contributed by atoms with van der Waals surface area (Å²) in [5, 5.41) is 3.60. The highest BCUT2D eigenvalue weighted by Crippen LogP contribution is 2.41. The van der Waals surface area contributed by atoms with Gasteiger partial charge in [0, 0.05) is 54.4 Å². The van der Waals surface area contributed by atoms with Crippen LogP contribution in [0.3, 0.4) is 0 Å². The van der Waals surface area contributed by atoms with Crippen LogP contribution in [0.15, 0.2) is 53.6 Å². The van der Waals surface area contributed by atoms with E-state index in [-0.39, 0.29) is 37.2 Å². The highest BCUT2D eigenvalue weighted by molar-refractivity contribution is 7.99. The average molecular weight is 449 g/mol. The van der Waals surface area contributed by atoms with Gasteiger partial charge in [-0.3, -0.25) is 9.88 Å². The molecular weight excluding hydrogens is 421 g/mol. The number of rotatable bonds is 3. The van der Waals surface area contributed by atoms with E-state index in [9.17, 15) is 0 Å². The van der Waals surface area contributed by atoms with Crippen LogP contribution >= 0.6 is 49.0 Å². The SMILES string of the molecule is CC(c1ccccn1)C1CNCCN1C1CCSc2ccccc21.Cl.Cl.Cl. The maximum Gasteiger partial charge on any atom is 0.0447 e. The number of hydrogen-bond acceptors (Lipinski definition) is 4. The predicted molar refractivity (Wildman–Crippen MR) is 122 cm³/mol. The standard InChI is InChI=1S/C20H25N3S.3ClH/c1-15(17-7-4-5-10-22-17)19-14-21-11-12-23(19)18-9-13-24-20-8-3-2-6-16(18)20;;;/h2-8,10,15,18-19,21H,9,11-14H2,1H3;3*1H. The third-order valence-electron chi connectivity index (χ3n) is 5.38. The molecule has 150 valence electrons. The van der Waals surface area contributed by atoms with Crippen molar-refractivity contribution in [2.24, 2.45) is 0 Å². The van der Waals surface area contributed by atoms with E-state index in [1.165, 1.54) is 28.3 Å². The summed E-state index contributed by atoms with van der Waals surface area (Å²) in [6, 6.07) is 16.3. The van der Waals surface area contributed by atoms with Gasteiger partial charge >= 0.3 is 0 Å². The minimum Gasteiger partial charge on any atom is -0.314 e. The molecule has 3 nitrogen and oxygen atoms in total. The second-order valence-corrected chi connectivity index (χ2v) is 7.88. The van der Waals surface area contributed by atoms with Gasteiger partial charge in [0.25, 0.3) is 0 Å². The lowest BCUT2D eigenvalue weighted by molar-refractivity contribution is 0.0856. The zero-order valence-electron chi connectivity index (χ0n) is 15.4. The molecule has 4 rings (SSSR count). The molecule has 27 heavy (non-hydrogen) atoms. The summed E-state index contributed by atoms with van der Waals surface area (Å²) in [5.74, 6) is 1.65. The summed E-state index contributed by atoms with van der Waals surface area (Å²) < 4.78 is 0. The van der Waals surface area contributed by atoms with E-state index < -0.39 is 0 Å². The molecule has 0 saturated carbocycles. The van der Waals surface area contributed by atoms with E-state index >= 15 is 0 Å². The van der Waals surface area contributed by atoms with Crippen molar-refractivity contribution >= 4 is 49.0 Å². The van der Waals surface area contributed by atoms with Crippen molar-refractivity contribution in [3.8, 4) is 0 Å². The second-order valence-electron chi connectivity index (χ2n) is 6.74. The number of halogens is 3. The van der Waals surface area contributed by atoms with Crippen LogP contribution in [-0.2, 0) is 0 Å². The molecule has 1 N–H and O–H groups in total. The number of nitrogens with zero attached hydrogens (tertiary/aromatic N) is 2. The van der Waals surface area contributed by atoms with E-state index in [0.29, 0.717) is 18.0 Å². The Labute approximate surface area is 185 Å². The van der Waals surface area contributed by atoms with Gasteiger partial charge in [-0.15, -0.1) is 49.0 Å². The maximum atomic E-state index is 4.62. The minimum absolute atomic E-state index is 0. The summed E-state index contributed by atoms with van der Waals surface area (Å²) in [4.78, 5) is 8.83. The van der Waals surface area contributed by atoms with Crippen LogP contribution in [0.2, 0.25) is 0 Å². The Hall–Kier alpha value is -0.490. The molecule has 2 aliphatic rings. The van der Waals surface area contributed by atoms with Gasteiger partial charge in [0.15, 0.2) is 0 Å². The number of piperazine rings is 1. The van der Waals surface area contributed by atoms with Gasteiger partial charge in [-0.25, -0.2) is 0 Å². The highest BCUT2D eigenvalue weighted by Gasteiger charge is 2.35. The van der Waals surface area contributed by atoms with Gasteiger partial charge in [-0.05, 0) is 35.9 Å². The van der Waals surface area contributed by atoms with Crippen LogP contribution in [0.1, 0.15) is 36.6 Å². The number of thioether (sulfide) groups is 1. The fourth-order valence-electron chi connectivity index (χ4n) is 4.10. The molecule has 2 aliphatic heterocycles. The molecule has 0 bridgehead atoms. The summed E-state index contributed by atoms with van der Waals surface area (Å²) in [7, 11) is 0. The fourth-order valence-corrected chi connectivity index (χ4v) is 5.21. The molecule has 3 atom stereocenters. The molecule has 0 radical (unpaired) electrons. The van der Waals surface area contributed by atoms with Crippen molar-refractivity contribution in [3.05, 3.63) is 59.9 Å². The zero-order valence-corrected chi connectivity index (χ0v) is 18.7. The van der Waals surface area contributed by atoms with Gasteiger partial charge in [0.1, 0.15) is 0 Å². The Morgan fingerprint density at radius 1 is 1.11 bits per heavy atom. The van der Waals surface area contributed by atoms with Crippen molar-refractivity contribution in [2.45, 2.75) is 36.2 Å². The monoisotopic (exact) mass is 447 g/mol. The first-order chi connectivity index (χ1) is 11.8. The van der Waals surface area contributed by atoms with E-state index in [0.717, 1.165) is 19.6 Å². The number of pyridine rings is 1. The van der Waals surface area contributed by atoms with Crippen LogP contribution in [-0.4, -0.2) is 41.3 Å². The van der Waals surface area contributed by atoms with Gasteiger partial charge in [0.05, 0.1) is 0 Å². The normalized spacial score (nSPS) is 23.0. The smallest absolute Gasteiger partial charge is 0.0447 e. The van der Waals surface area contributed by atoms with E-state index in [1.807, 2.05) is 24.0 Å². The van der Waals surface area contributed by atoms with Gasteiger partial charge in [-0.1, -0.05) is 31.2 Å². The second kappa shape index (κ2) is 11.5. The van der Waals surface area contributed by atoms with E-state index in [1.54, 1.807) is 0 Å². The Morgan fingerprint density at radius 2 is 1.89 bits per heavy atom. The van der Waals surface area contributed by atoms with Crippen LogP contribution in [0.25, 0.3) is 0 Å². The fraction of sp³-hybridized carbons (Fsp3) is 0.450. The average Bonchev–Trinajstić information content (AvgIpc) is 2.68. The number of fused-ring (bicyclic) bond motifs is 1. The largest absolute Gasteiger partial charge is 0.314 e. The van der Waals surface area contributed by atoms with Gasteiger partial charge in [-0.2, -0.15) is 0 Å². The van der Waals surface area contributed by atoms with Crippen molar-refractivity contribution in [2.75, 3.05) is 25.4 Å². The molecule has 1 fully saturated rings. The lowest BCUT2D eigenvalue weighted by Gasteiger charge is -2.45. The minimum atomic E-state index is 0. The van der Waals surface area contributed by atoms with Gasteiger partial charge in [0.2, 0.25) is 0 Å². The van der Waals surface area contributed by atoms with Crippen molar-refractivity contribution in [1.29, 1.82) is 0 Å². The van der Waals surface area contributed by atoms with Crippen LogP contribution in [0.4, 0.5) is 0 Å². The third-order valence-corrected chi connectivity index (χ3v) is 6.51. The first-order valence-corrected chi connectivity index (χ1v) is 9.92. The van der Waals surface area contributed by atoms with Gasteiger partial charge < -0.3 is 5.32 Å². The molecule has 0 amide bonds. The van der Waals surface area contributed by atoms with E-state index in [4.69, 9.17) is 0 Å². The molecule has 7 heteroatoms. The van der Waals surface area contributed by atoms with E-state index in [2.05, 4.69) is 58.5 Å². The number of aromatic nitrogens is 1. The molecule has 1 aromatic carbocycles. The summed E-state index contributed by atoms with van der Waals surface area (Å²) in [5.41, 5.74) is 2.73. The maximum absolute atomic E-state index is 4.62. The molecule has 1 saturated heterocycles. The third kappa shape index (κ3) is 5.31. The molecule has 1 aromatic heterocycles. The summed E-state index contributed by atoms with van der Waals surface area (Å²) in [6.45, 7) is 5.57. The first kappa shape index (κ1) is 24.5. The molecule has 3 unspecified atom stereocenters. The Bertz CT molecular complexity index is 689. The molecule has 2 aromatic rings. The number of hydrogen-bond donors (Lipinski definition) is 1. The first-order valence-electron chi connectivity index (χ1n) is 8.93. The summed E-state index contributed by atoms with van der Waals surface area (Å²) in [6.07, 6.45) is 3.16. The Balaban J connectivity index is 0.00000121. The Kier molecular flexibility index (Phi) is 10.5. The van der Waals surface area contributed by atoms with Crippen LogP contribution < -0.4 is 5.32 Å². The van der Waals surface area contributed by atoms with Crippen LogP contribution in [0.5, 0.6) is 0 Å². The molecular formula is C20H28Cl3N3S. The predicted octanol–water partition coefficient (Wildman–Crippen LogP) is 4.96. The zero-order chi connectivity index (χ0) is 16.4. The lowest BCUT2D eigenvalue weighted by Crippen LogP contribution is -2.54. The molecule has 3 heterocycles.